The van der Waals surface area contributed by atoms with E-state index in [0.29, 0.717) is 17.1 Å². The molecule has 0 saturated heterocycles. The summed E-state index contributed by atoms with van der Waals surface area (Å²) in [4.78, 5) is 25.9. The van der Waals surface area contributed by atoms with Crippen LogP contribution in [0.4, 0.5) is 17.1 Å². The maximum Gasteiger partial charge on any atom is 0.299 e. The lowest BCUT2D eigenvalue weighted by Crippen LogP contribution is -2.29. The monoisotopic (exact) mass is 455 g/mol. The van der Waals surface area contributed by atoms with Gasteiger partial charge in [-0.1, -0.05) is 36.4 Å². The Hall–Kier alpha value is -4.91. The van der Waals surface area contributed by atoms with Gasteiger partial charge in [0.2, 0.25) is 5.88 Å². The van der Waals surface area contributed by atoms with Gasteiger partial charge in [0, 0.05) is 12.6 Å². The van der Waals surface area contributed by atoms with Crippen LogP contribution in [0.5, 0.6) is 5.88 Å². The van der Waals surface area contributed by atoms with Crippen LogP contribution in [0.25, 0.3) is 5.69 Å². The largest absolute Gasteiger partial charge is 0.492 e. The van der Waals surface area contributed by atoms with Gasteiger partial charge >= 0.3 is 0 Å². The standard InChI is InChI=1S/C24H21N7O3/c1-15-19(14-25)22(32)30(28-17-10-6-4-7-11-17)23(33)20(15)26-27-21-16(2)29(3)31(24(21)34)18-12-8-5-9-13-18/h4-13,28,33H,1-3H3/b27-26+. The average molecular weight is 455 g/mol. The number of aromatic nitrogens is 3. The highest BCUT2D eigenvalue weighted by Crippen LogP contribution is 2.32. The zero-order chi connectivity index (χ0) is 24.4. The minimum Gasteiger partial charge on any atom is -0.492 e. The molecule has 0 saturated carbocycles. The summed E-state index contributed by atoms with van der Waals surface area (Å²) in [6.45, 7) is 3.21. The van der Waals surface area contributed by atoms with Crippen LogP contribution in [-0.4, -0.2) is 19.1 Å². The second-order valence-corrected chi connectivity index (χ2v) is 7.51. The van der Waals surface area contributed by atoms with E-state index in [4.69, 9.17) is 0 Å². The van der Waals surface area contributed by atoms with Gasteiger partial charge in [-0.15, -0.1) is 10.2 Å². The maximum atomic E-state index is 13.1. The molecule has 0 aliphatic rings. The van der Waals surface area contributed by atoms with Gasteiger partial charge in [0.1, 0.15) is 11.6 Å². The van der Waals surface area contributed by atoms with Crippen molar-refractivity contribution in [2.24, 2.45) is 17.3 Å². The van der Waals surface area contributed by atoms with Crippen LogP contribution in [0.2, 0.25) is 0 Å². The minimum absolute atomic E-state index is 0.0671. The van der Waals surface area contributed by atoms with Crippen molar-refractivity contribution in [2.75, 3.05) is 5.43 Å². The highest BCUT2D eigenvalue weighted by atomic mass is 16.3. The number of nitrogens with one attached hydrogen (secondary N) is 1. The molecule has 0 spiro atoms. The Morgan fingerprint density at radius 1 is 0.912 bits per heavy atom. The quantitative estimate of drug-likeness (QED) is 0.442. The number of rotatable bonds is 5. The van der Waals surface area contributed by atoms with E-state index >= 15 is 0 Å². The summed E-state index contributed by atoms with van der Waals surface area (Å²) in [7, 11) is 1.73. The lowest BCUT2D eigenvalue weighted by molar-refractivity contribution is 0.428. The summed E-state index contributed by atoms with van der Waals surface area (Å²) in [5.41, 5.74) is 3.26. The van der Waals surface area contributed by atoms with Crippen molar-refractivity contribution in [3.8, 4) is 17.6 Å². The lowest BCUT2D eigenvalue weighted by atomic mass is 10.1. The highest BCUT2D eigenvalue weighted by molar-refractivity contribution is 5.60. The zero-order valence-corrected chi connectivity index (χ0v) is 18.7. The van der Waals surface area contributed by atoms with Gasteiger partial charge in [-0.25, -0.2) is 4.68 Å². The third kappa shape index (κ3) is 3.75. The molecule has 4 aromatic rings. The number of hydrogen-bond donors (Lipinski definition) is 2. The molecule has 0 radical (unpaired) electrons. The van der Waals surface area contributed by atoms with Crippen LogP contribution in [0.1, 0.15) is 16.8 Å². The Balaban J connectivity index is 1.85. The van der Waals surface area contributed by atoms with Crippen LogP contribution in [0.15, 0.2) is 80.5 Å². The van der Waals surface area contributed by atoms with Crippen molar-refractivity contribution < 1.29 is 5.11 Å². The molecule has 170 valence electrons. The molecular formula is C24H21N7O3. The van der Waals surface area contributed by atoms with Crippen LogP contribution >= 0.6 is 0 Å². The minimum atomic E-state index is -0.734. The fourth-order valence-electron chi connectivity index (χ4n) is 3.53. The molecule has 0 bridgehead atoms. The third-order valence-corrected chi connectivity index (χ3v) is 5.47. The first-order valence-corrected chi connectivity index (χ1v) is 10.3. The van der Waals surface area contributed by atoms with Crippen LogP contribution in [0.3, 0.4) is 0 Å². The van der Waals surface area contributed by atoms with Crippen LogP contribution < -0.4 is 16.5 Å². The molecule has 10 nitrogen and oxygen atoms in total. The molecule has 0 atom stereocenters. The Bertz CT molecular complexity index is 1560. The first-order valence-electron chi connectivity index (χ1n) is 10.3. The van der Waals surface area contributed by atoms with E-state index in [1.165, 1.54) is 11.6 Å². The first kappa shape index (κ1) is 22.3. The molecule has 0 aliphatic carbocycles. The number of nitrogens with zero attached hydrogens (tertiary/aromatic N) is 6. The van der Waals surface area contributed by atoms with E-state index in [9.17, 15) is 20.0 Å². The molecular weight excluding hydrogens is 434 g/mol. The number of hydrogen-bond acceptors (Lipinski definition) is 7. The summed E-state index contributed by atoms with van der Waals surface area (Å²) >= 11 is 0. The highest BCUT2D eigenvalue weighted by Gasteiger charge is 2.21. The number of anilines is 1. The number of para-hydroxylation sites is 2. The summed E-state index contributed by atoms with van der Waals surface area (Å²) in [5, 5.41) is 28.6. The number of aromatic hydroxyl groups is 1. The number of nitriles is 1. The average Bonchev–Trinajstić information content (AvgIpc) is 3.06. The smallest absolute Gasteiger partial charge is 0.299 e. The van der Waals surface area contributed by atoms with Gasteiger partial charge in [0.15, 0.2) is 11.4 Å². The fourth-order valence-corrected chi connectivity index (χ4v) is 3.53. The molecule has 4 rings (SSSR count). The second kappa shape index (κ2) is 8.91. The third-order valence-electron chi connectivity index (χ3n) is 5.47. The molecule has 2 aromatic carbocycles. The Kier molecular flexibility index (Phi) is 5.84. The summed E-state index contributed by atoms with van der Waals surface area (Å²) in [6, 6.07) is 19.6. The summed E-state index contributed by atoms with van der Waals surface area (Å²) in [5.74, 6) is -0.536. The Morgan fingerprint density at radius 2 is 1.50 bits per heavy atom. The van der Waals surface area contributed by atoms with Gasteiger partial charge in [-0.3, -0.25) is 19.7 Å². The van der Waals surface area contributed by atoms with E-state index in [-0.39, 0.29) is 22.5 Å². The SMILES string of the molecule is Cc1c(/N=N/c2c(C)n(C)n(-c3ccccc3)c2=O)c(O)n(Nc2ccccc2)c(=O)c1C#N. The van der Waals surface area contributed by atoms with Gasteiger partial charge in [-0.05, 0) is 38.1 Å². The molecule has 0 fully saturated rings. The predicted octanol–water partition coefficient (Wildman–Crippen LogP) is 3.82. The molecule has 0 unspecified atom stereocenters. The van der Waals surface area contributed by atoms with Crippen molar-refractivity contribution in [2.45, 2.75) is 13.8 Å². The van der Waals surface area contributed by atoms with Crippen molar-refractivity contribution in [3.63, 3.8) is 0 Å². The molecule has 2 N–H and O–H groups in total. The fraction of sp³-hybridized carbons (Fsp3) is 0.125. The normalized spacial score (nSPS) is 11.0. The summed E-state index contributed by atoms with van der Waals surface area (Å²) < 4.78 is 3.93. The van der Waals surface area contributed by atoms with Crippen molar-refractivity contribution in [3.05, 3.63) is 98.2 Å². The van der Waals surface area contributed by atoms with E-state index in [2.05, 4.69) is 15.7 Å². The van der Waals surface area contributed by atoms with Crippen molar-refractivity contribution in [1.82, 2.24) is 14.0 Å². The predicted molar refractivity (Wildman–Crippen MR) is 127 cm³/mol. The summed E-state index contributed by atoms with van der Waals surface area (Å²) in [6.07, 6.45) is 0. The van der Waals surface area contributed by atoms with E-state index in [1.54, 1.807) is 61.1 Å². The first-order chi connectivity index (χ1) is 16.3. The Morgan fingerprint density at radius 3 is 2.12 bits per heavy atom. The molecule has 2 aromatic heterocycles. The molecule has 34 heavy (non-hydrogen) atoms. The number of benzene rings is 2. The zero-order valence-electron chi connectivity index (χ0n) is 18.7. The number of azo groups is 1. The number of pyridine rings is 1. The molecule has 2 heterocycles. The molecule has 0 amide bonds. The van der Waals surface area contributed by atoms with E-state index in [1.807, 2.05) is 24.3 Å². The topological polar surface area (TPSA) is 130 Å². The van der Waals surface area contributed by atoms with E-state index in [0.717, 1.165) is 4.68 Å². The maximum absolute atomic E-state index is 13.1. The lowest BCUT2D eigenvalue weighted by Gasteiger charge is -2.14. The van der Waals surface area contributed by atoms with E-state index < -0.39 is 17.0 Å². The molecule has 10 heteroatoms. The van der Waals surface area contributed by atoms with Crippen LogP contribution in [-0.2, 0) is 7.05 Å². The van der Waals surface area contributed by atoms with Gasteiger partial charge in [0.05, 0.1) is 17.1 Å². The van der Waals surface area contributed by atoms with Crippen molar-refractivity contribution >= 4 is 17.1 Å². The Labute approximate surface area is 194 Å². The second-order valence-electron chi connectivity index (χ2n) is 7.51. The van der Waals surface area contributed by atoms with Gasteiger partial charge in [0.25, 0.3) is 11.1 Å². The molecule has 0 aliphatic heterocycles. The van der Waals surface area contributed by atoms with Crippen molar-refractivity contribution in [1.29, 1.82) is 5.26 Å². The van der Waals surface area contributed by atoms with Crippen LogP contribution in [0, 0.1) is 25.2 Å². The van der Waals surface area contributed by atoms with Gasteiger partial charge < -0.3 is 5.11 Å². The van der Waals surface area contributed by atoms with Gasteiger partial charge in [-0.2, -0.15) is 9.94 Å².